The predicted molar refractivity (Wildman–Crippen MR) is 146 cm³/mol. The Hall–Kier alpha value is -4.01. The maximum Gasteiger partial charge on any atom is 0.249 e. The van der Waals surface area contributed by atoms with Gasteiger partial charge < -0.3 is 10.2 Å². The molecule has 2 atom stereocenters. The van der Waals surface area contributed by atoms with Crippen molar-refractivity contribution in [3.05, 3.63) is 59.2 Å². The second-order valence-electron chi connectivity index (χ2n) is 9.76. The van der Waals surface area contributed by atoms with Crippen LogP contribution >= 0.6 is 0 Å². The van der Waals surface area contributed by atoms with E-state index in [1.807, 2.05) is 37.3 Å². The summed E-state index contributed by atoms with van der Waals surface area (Å²) in [6, 6.07) is 13.2. The van der Waals surface area contributed by atoms with Crippen LogP contribution in [-0.4, -0.2) is 43.1 Å². The summed E-state index contributed by atoms with van der Waals surface area (Å²) in [5, 5.41) is 7.71. The fourth-order valence-electron chi connectivity index (χ4n) is 4.60. The lowest BCUT2D eigenvalue weighted by atomic mass is 9.89. The van der Waals surface area contributed by atoms with Crippen LogP contribution in [0.1, 0.15) is 75.0 Å². The first-order chi connectivity index (χ1) is 18.2. The molecule has 202 valence electrons. The lowest BCUT2D eigenvalue weighted by Gasteiger charge is -2.31. The van der Waals surface area contributed by atoms with Gasteiger partial charge in [-0.3, -0.25) is 34.6 Å². The van der Waals surface area contributed by atoms with Crippen molar-refractivity contribution < 1.29 is 24.0 Å². The van der Waals surface area contributed by atoms with Gasteiger partial charge in [0.1, 0.15) is 6.04 Å². The highest BCUT2D eigenvalue weighted by atomic mass is 16.2. The van der Waals surface area contributed by atoms with Crippen LogP contribution in [0.15, 0.2) is 42.5 Å². The first-order valence-corrected chi connectivity index (χ1v) is 13.0. The Kier molecular flexibility index (Phi) is 9.76. The van der Waals surface area contributed by atoms with Crippen molar-refractivity contribution in [1.29, 1.82) is 0 Å². The number of nitrogens with one attached hydrogen (secondary N) is 3. The van der Waals surface area contributed by atoms with Crippen LogP contribution in [0.2, 0.25) is 0 Å². The van der Waals surface area contributed by atoms with Gasteiger partial charge in [-0.1, -0.05) is 51.1 Å². The van der Waals surface area contributed by atoms with Crippen LogP contribution in [0.25, 0.3) is 0 Å². The number of aryl methyl sites for hydroxylation is 1. The van der Waals surface area contributed by atoms with Crippen LogP contribution < -0.4 is 20.9 Å². The van der Waals surface area contributed by atoms with E-state index in [-0.39, 0.29) is 30.1 Å². The number of carbonyl (C=O) groups excluding carboxylic acids is 5. The summed E-state index contributed by atoms with van der Waals surface area (Å²) in [5.41, 5.74) is 4.82. The topological polar surface area (TPSA) is 125 Å². The maximum absolute atomic E-state index is 11.9. The third-order valence-electron chi connectivity index (χ3n) is 6.92. The van der Waals surface area contributed by atoms with Crippen molar-refractivity contribution >= 4 is 41.4 Å². The summed E-state index contributed by atoms with van der Waals surface area (Å²) in [6.07, 6.45) is 3.15. The molecule has 2 fully saturated rings. The highest BCUT2D eigenvalue weighted by Gasteiger charge is 2.33. The number of nitrogens with zero attached hydrogens (tertiary/aromatic N) is 1. The average Bonchev–Trinajstić information content (AvgIpc) is 2.90. The van der Waals surface area contributed by atoms with Crippen molar-refractivity contribution in [2.45, 2.75) is 70.8 Å². The number of rotatable bonds is 7. The van der Waals surface area contributed by atoms with Crippen molar-refractivity contribution in [2.75, 3.05) is 17.3 Å². The molecule has 0 saturated carbocycles. The molecule has 4 rings (SSSR count). The van der Waals surface area contributed by atoms with E-state index in [1.54, 1.807) is 7.05 Å². The van der Waals surface area contributed by atoms with E-state index in [1.165, 1.54) is 10.5 Å². The first-order valence-electron chi connectivity index (χ1n) is 13.0. The Balaban J connectivity index is 0.000000215. The highest BCUT2D eigenvalue weighted by Crippen LogP contribution is 2.30. The van der Waals surface area contributed by atoms with Gasteiger partial charge in [-0.25, -0.2) is 0 Å². The number of anilines is 2. The predicted octanol–water partition coefficient (Wildman–Crippen LogP) is 3.39. The van der Waals surface area contributed by atoms with Gasteiger partial charge in [0.2, 0.25) is 30.0 Å². The number of piperidine rings is 2. The van der Waals surface area contributed by atoms with E-state index in [4.69, 9.17) is 0 Å². The van der Waals surface area contributed by atoms with E-state index in [0.29, 0.717) is 37.3 Å². The molecule has 38 heavy (non-hydrogen) atoms. The molecule has 3 N–H and O–H groups in total. The van der Waals surface area contributed by atoms with Crippen LogP contribution in [0.3, 0.4) is 0 Å². The second-order valence-corrected chi connectivity index (χ2v) is 9.76. The monoisotopic (exact) mass is 520 g/mol. The SMILES string of the molecule is CC(C)c1ccc(C2CCC(=O)NC2=O)cc1.CCc1ccc(N(C=O)C2CCC(=O)NC2=O)c(NC)c1. The quantitative estimate of drug-likeness (QED) is 0.380. The molecule has 2 aromatic carbocycles. The lowest BCUT2D eigenvalue weighted by Crippen LogP contribution is -2.52. The molecule has 2 aromatic rings. The van der Waals surface area contributed by atoms with Crippen LogP contribution in [-0.2, 0) is 30.4 Å². The summed E-state index contributed by atoms with van der Waals surface area (Å²) < 4.78 is 0. The van der Waals surface area contributed by atoms with Crippen LogP contribution in [0, 0.1) is 0 Å². The number of hydrogen-bond acceptors (Lipinski definition) is 6. The minimum absolute atomic E-state index is 0.162. The van der Waals surface area contributed by atoms with Gasteiger partial charge in [0, 0.05) is 19.9 Å². The van der Waals surface area contributed by atoms with Crippen molar-refractivity contribution in [1.82, 2.24) is 10.6 Å². The number of imide groups is 2. The Morgan fingerprint density at radius 1 is 0.947 bits per heavy atom. The fraction of sp³-hybridized carbons (Fsp3) is 0.414. The number of benzene rings is 2. The molecule has 2 saturated heterocycles. The average molecular weight is 521 g/mol. The molecule has 0 aliphatic carbocycles. The summed E-state index contributed by atoms with van der Waals surface area (Å²) in [4.78, 5) is 58.8. The van der Waals surface area contributed by atoms with E-state index < -0.39 is 11.9 Å². The van der Waals surface area contributed by atoms with Gasteiger partial charge in [-0.15, -0.1) is 0 Å². The van der Waals surface area contributed by atoms with Crippen molar-refractivity contribution in [3.63, 3.8) is 0 Å². The zero-order chi connectivity index (χ0) is 27.8. The fourth-order valence-corrected chi connectivity index (χ4v) is 4.60. The van der Waals surface area contributed by atoms with E-state index in [0.717, 1.165) is 23.2 Å². The molecule has 0 spiro atoms. The molecule has 5 amide bonds. The minimum atomic E-state index is -0.653. The normalized spacial score (nSPS) is 19.2. The molecule has 2 unspecified atom stereocenters. The molecule has 9 heteroatoms. The minimum Gasteiger partial charge on any atom is -0.386 e. The molecule has 2 heterocycles. The van der Waals surface area contributed by atoms with E-state index in [9.17, 15) is 24.0 Å². The van der Waals surface area contributed by atoms with Crippen LogP contribution in [0.4, 0.5) is 11.4 Å². The number of carbonyl (C=O) groups is 5. The Morgan fingerprint density at radius 2 is 1.58 bits per heavy atom. The van der Waals surface area contributed by atoms with E-state index >= 15 is 0 Å². The number of amides is 5. The van der Waals surface area contributed by atoms with Gasteiger partial charge in [0.05, 0.1) is 17.3 Å². The van der Waals surface area contributed by atoms with Crippen LogP contribution in [0.5, 0.6) is 0 Å². The van der Waals surface area contributed by atoms with Gasteiger partial charge >= 0.3 is 0 Å². The highest BCUT2D eigenvalue weighted by molar-refractivity contribution is 6.04. The first kappa shape index (κ1) is 28.6. The molecule has 0 aromatic heterocycles. The molecule has 2 aliphatic rings. The molecule has 0 radical (unpaired) electrons. The summed E-state index contributed by atoms with van der Waals surface area (Å²) in [5.74, 6) is -0.736. The summed E-state index contributed by atoms with van der Waals surface area (Å²) in [6.45, 7) is 6.33. The van der Waals surface area contributed by atoms with Gasteiger partial charge in [0.25, 0.3) is 0 Å². The Morgan fingerprint density at radius 3 is 2.11 bits per heavy atom. The standard InChI is InChI=1S/C15H19N3O3.C14H17NO2/c1-3-10-4-5-12(11(8-10)16-2)18(9-19)13-6-7-14(20)17-15(13)21;1-9(2)10-3-5-11(6-4-10)12-7-8-13(16)15-14(12)17/h4-5,8-9,13,16H,3,6-7H2,1-2H3,(H,17,20,21);3-6,9,12H,7-8H2,1-2H3,(H,15,16,17). The molecular weight excluding hydrogens is 484 g/mol. The Labute approximate surface area is 223 Å². The van der Waals surface area contributed by atoms with Crippen molar-refractivity contribution in [2.24, 2.45) is 0 Å². The maximum atomic E-state index is 11.9. The zero-order valence-electron chi connectivity index (χ0n) is 22.4. The zero-order valence-corrected chi connectivity index (χ0v) is 22.4. The van der Waals surface area contributed by atoms with Gasteiger partial charge in [0.15, 0.2) is 0 Å². The third-order valence-corrected chi connectivity index (χ3v) is 6.92. The summed E-state index contributed by atoms with van der Waals surface area (Å²) >= 11 is 0. The van der Waals surface area contributed by atoms with E-state index in [2.05, 4.69) is 41.9 Å². The smallest absolute Gasteiger partial charge is 0.249 e. The molecule has 2 aliphatic heterocycles. The third kappa shape index (κ3) is 6.85. The molecular formula is C29H36N4O5. The van der Waals surface area contributed by atoms with Gasteiger partial charge in [-0.2, -0.15) is 0 Å². The van der Waals surface area contributed by atoms with Gasteiger partial charge in [-0.05, 0) is 54.0 Å². The number of hydrogen-bond donors (Lipinski definition) is 3. The molecule has 9 nitrogen and oxygen atoms in total. The van der Waals surface area contributed by atoms with Crippen molar-refractivity contribution in [3.8, 4) is 0 Å². The second kappa shape index (κ2) is 13.0. The Bertz CT molecular complexity index is 1190. The largest absolute Gasteiger partial charge is 0.386 e. The summed E-state index contributed by atoms with van der Waals surface area (Å²) in [7, 11) is 1.77. The molecule has 0 bridgehead atoms. The lowest BCUT2D eigenvalue weighted by molar-refractivity contribution is -0.136.